The number of amides is 1. The molecule has 0 spiro atoms. The number of rotatable bonds is 5. The Kier molecular flexibility index (Phi) is 6.65. The Morgan fingerprint density at radius 1 is 1.38 bits per heavy atom. The van der Waals surface area contributed by atoms with Crippen LogP contribution < -0.4 is 10.2 Å². The fraction of sp³-hybridized carbons (Fsp3) is 0.125. The zero-order valence-electron chi connectivity index (χ0n) is 12.5. The van der Waals surface area contributed by atoms with Crippen LogP contribution in [0.4, 0.5) is 0 Å². The number of hydrazone groups is 1. The number of carbonyl (C=O) groups excluding carboxylic acids is 1. The molecule has 0 aliphatic rings. The Bertz CT molecular complexity index is 797. The summed E-state index contributed by atoms with van der Waals surface area (Å²) in [6.07, 6.45) is 1.36. The normalized spacial score (nSPS) is 10.8. The second-order valence-electron chi connectivity index (χ2n) is 4.82. The van der Waals surface area contributed by atoms with Crippen LogP contribution in [-0.4, -0.2) is 23.8 Å². The van der Waals surface area contributed by atoms with E-state index in [0.717, 1.165) is 4.47 Å². The van der Waals surface area contributed by atoms with Gasteiger partial charge in [0.05, 0.1) is 10.7 Å². The van der Waals surface area contributed by atoms with Crippen molar-refractivity contribution in [3.05, 3.63) is 55.4 Å². The molecule has 5 nitrogen and oxygen atoms in total. The van der Waals surface area contributed by atoms with E-state index >= 15 is 0 Å². The van der Waals surface area contributed by atoms with Crippen LogP contribution in [0.25, 0.3) is 0 Å². The maximum atomic E-state index is 11.7. The lowest BCUT2D eigenvalue weighted by atomic mass is 10.1. The van der Waals surface area contributed by atoms with E-state index in [1.165, 1.54) is 6.21 Å². The number of hydrogen-bond acceptors (Lipinski definition) is 4. The molecule has 1 amide bonds. The molecule has 0 unspecified atom stereocenters. The van der Waals surface area contributed by atoms with E-state index in [1.807, 2.05) is 0 Å². The molecule has 0 saturated carbocycles. The van der Waals surface area contributed by atoms with Crippen LogP contribution in [0.3, 0.4) is 0 Å². The Balaban J connectivity index is 1.91. The van der Waals surface area contributed by atoms with E-state index in [2.05, 4.69) is 42.4 Å². The minimum atomic E-state index is -0.431. The molecule has 2 N–H and O–H groups in total. The average Bonchev–Trinajstić information content (AvgIpc) is 2.51. The number of nitrogens with zero attached hydrogens (tertiary/aromatic N) is 1. The first-order valence-corrected chi connectivity index (χ1v) is 8.72. The first-order chi connectivity index (χ1) is 11.4. The molecule has 24 heavy (non-hydrogen) atoms. The molecule has 126 valence electrons. The quantitative estimate of drug-likeness (QED) is 0.496. The van der Waals surface area contributed by atoms with E-state index < -0.39 is 5.91 Å². The van der Waals surface area contributed by atoms with Crippen LogP contribution in [0, 0.1) is 6.92 Å². The Labute approximate surface area is 160 Å². The van der Waals surface area contributed by atoms with Gasteiger partial charge in [-0.2, -0.15) is 5.10 Å². The number of ether oxygens (including phenoxy) is 1. The number of phenols is 1. The standard InChI is InChI=1S/C16H13Br2ClN2O3/c1-9-4-11(17)5-10(16(9)23)7-20-21-15(22)8-24-14-3-2-12(19)6-13(14)18/h2-7,23H,8H2,1H3,(H,21,22)/b20-7+. The van der Waals surface area contributed by atoms with Gasteiger partial charge in [0.15, 0.2) is 6.61 Å². The van der Waals surface area contributed by atoms with Crippen molar-refractivity contribution < 1.29 is 14.6 Å². The van der Waals surface area contributed by atoms with E-state index in [1.54, 1.807) is 37.3 Å². The largest absolute Gasteiger partial charge is 0.507 e. The molecule has 8 heteroatoms. The Hall–Kier alpha value is -1.57. The second kappa shape index (κ2) is 8.50. The van der Waals surface area contributed by atoms with Crippen molar-refractivity contribution in [3.63, 3.8) is 0 Å². The summed E-state index contributed by atoms with van der Waals surface area (Å²) in [6, 6.07) is 8.47. The van der Waals surface area contributed by atoms with Gasteiger partial charge in [-0.05, 0) is 58.7 Å². The van der Waals surface area contributed by atoms with Gasteiger partial charge in [-0.3, -0.25) is 4.79 Å². The highest BCUT2D eigenvalue weighted by Crippen LogP contribution is 2.28. The van der Waals surface area contributed by atoms with Gasteiger partial charge in [-0.1, -0.05) is 27.5 Å². The van der Waals surface area contributed by atoms with Crippen molar-refractivity contribution in [2.45, 2.75) is 6.92 Å². The van der Waals surface area contributed by atoms with Gasteiger partial charge >= 0.3 is 0 Å². The number of aryl methyl sites for hydroxylation is 1. The van der Waals surface area contributed by atoms with Crippen LogP contribution in [0.15, 0.2) is 44.4 Å². The number of phenolic OH excluding ortho intramolecular Hbond substituents is 1. The lowest BCUT2D eigenvalue weighted by Gasteiger charge is -2.07. The van der Waals surface area contributed by atoms with Crippen LogP contribution >= 0.6 is 43.5 Å². The van der Waals surface area contributed by atoms with E-state index in [0.29, 0.717) is 26.4 Å². The second-order valence-corrected chi connectivity index (χ2v) is 7.02. The third-order valence-corrected chi connectivity index (χ3v) is 4.25. The number of nitrogens with one attached hydrogen (secondary N) is 1. The molecule has 0 bridgehead atoms. The van der Waals surface area contributed by atoms with E-state index in [-0.39, 0.29) is 12.4 Å². The van der Waals surface area contributed by atoms with Crippen molar-refractivity contribution in [2.75, 3.05) is 6.61 Å². The Morgan fingerprint density at radius 3 is 2.83 bits per heavy atom. The molecule has 2 aromatic rings. The van der Waals surface area contributed by atoms with Gasteiger partial charge in [-0.25, -0.2) is 5.43 Å². The first-order valence-electron chi connectivity index (χ1n) is 6.75. The van der Waals surface area contributed by atoms with E-state index in [9.17, 15) is 9.90 Å². The van der Waals surface area contributed by atoms with E-state index in [4.69, 9.17) is 16.3 Å². The summed E-state index contributed by atoms with van der Waals surface area (Å²) in [5.74, 6) is 0.177. The van der Waals surface area contributed by atoms with Crippen LogP contribution in [0.5, 0.6) is 11.5 Å². The molecule has 0 radical (unpaired) electrons. The highest BCUT2D eigenvalue weighted by atomic mass is 79.9. The third-order valence-electron chi connectivity index (χ3n) is 2.94. The zero-order valence-corrected chi connectivity index (χ0v) is 16.4. The molecular weight excluding hydrogens is 463 g/mol. The lowest BCUT2D eigenvalue weighted by Crippen LogP contribution is -2.24. The topological polar surface area (TPSA) is 70.9 Å². The number of hydrogen-bond donors (Lipinski definition) is 2. The molecule has 0 saturated heterocycles. The smallest absolute Gasteiger partial charge is 0.277 e. The molecule has 0 fully saturated rings. The minimum absolute atomic E-state index is 0.109. The summed E-state index contributed by atoms with van der Waals surface area (Å²) in [5.41, 5.74) is 3.53. The summed E-state index contributed by atoms with van der Waals surface area (Å²) < 4.78 is 6.83. The SMILES string of the molecule is Cc1cc(Br)cc(/C=N/NC(=O)COc2ccc(Cl)cc2Br)c1O. The predicted octanol–water partition coefficient (Wildman–Crippen LogP) is 4.41. The zero-order chi connectivity index (χ0) is 17.7. The summed E-state index contributed by atoms with van der Waals surface area (Å²) >= 11 is 12.5. The number of benzene rings is 2. The summed E-state index contributed by atoms with van der Waals surface area (Å²) in [5, 5.41) is 14.3. The minimum Gasteiger partial charge on any atom is -0.507 e. The van der Waals surface area contributed by atoms with Gasteiger partial charge in [0.25, 0.3) is 5.91 Å². The summed E-state index contributed by atoms with van der Waals surface area (Å²) in [4.78, 5) is 11.7. The molecule has 2 rings (SSSR count). The fourth-order valence-electron chi connectivity index (χ4n) is 1.80. The number of halogens is 3. The number of aromatic hydroxyl groups is 1. The Morgan fingerprint density at radius 2 is 2.12 bits per heavy atom. The van der Waals surface area contributed by atoms with Crippen molar-refractivity contribution >= 4 is 55.6 Å². The monoisotopic (exact) mass is 474 g/mol. The van der Waals surface area contributed by atoms with Gasteiger partial charge in [0, 0.05) is 15.1 Å². The predicted molar refractivity (Wildman–Crippen MR) is 101 cm³/mol. The van der Waals surface area contributed by atoms with Gasteiger partial charge in [-0.15, -0.1) is 0 Å². The summed E-state index contributed by atoms with van der Waals surface area (Å²) in [6.45, 7) is 1.56. The molecule has 0 aromatic heterocycles. The van der Waals surface area contributed by atoms with Crippen LogP contribution in [0.2, 0.25) is 5.02 Å². The molecule has 0 aliphatic carbocycles. The van der Waals surface area contributed by atoms with Crippen molar-refractivity contribution in [1.29, 1.82) is 0 Å². The van der Waals surface area contributed by atoms with Gasteiger partial charge < -0.3 is 9.84 Å². The molecule has 0 atom stereocenters. The maximum Gasteiger partial charge on any atom is 0.277 e. The fourth-order valence-corrected chi connectivity index (χ4v) is 3.19. The number of carbonyl (C=O) groups is 1. The molecule has 0 aliphatic heterocycles. The molecule has 0 heterocycles. The highest BCUT2D eigenvalue weighted by molar-refractivity contribution is 9.10. The average molecular weight is 477 g/mol. The van der Waals surface area contributed by atoms with Gasteiger partial charge in [0.2, 0.25) is 0 Å². The summed E-state index contributed by atoms with van der Waals surface area (Å²) in [7, 11) is 0. The van der Waals surface area contributed by atoms with Crippen molar-refractivity contribution in [3.8, 4) is 11.5 Å². The molecular formula is C16H13Br2ClN2O3. The maximum absolute atomic E-state index is 11.7. The van der Waals surface area contributed by atoms with Crippen LogP contribution in [-0.2, 0) is 4.79 Å². The highest BCUT2D eigenvalue weighted by Gasteiger charge is 2.07. The first kappa shape index (κ1) is 18.8. The van der Waals surface area contributed by atoms with Crippen molar-refractivity contribution in [2.24, 2.45) is 5.10 Å². The van der Waals surface area contributed by atoms with Gasteiger partial charge in [0.1, 0.15) is 11.5 Å². The lowest BCUT2D eigenvalue weighted by molar-refractivity contribution is -0.123. The van der Waals surface area contributed by atoms with Crippen LogP contribution in [0.1, 0.15) is 11.1 Å². The third kappa shape index (κ3) is 5.22. The molecule has 2 aromatic carbocycles. The van der Waals surface area contributed by atoms with Crippen molar-refractivity contribution in [1.82, 2.24) is 5.43 Å².